The fourth-order valence-corrected chi connectivity index (χ4v) is 3.28. The molecule has 0 fully saturated rings. The van der Waals surface area contributed by atoms with Gasteiger partial charge in [0.25, 0.3) is 5.91 Å². The van der Waals surface area contributed by atoms with Crippen LogP contribution in [0.4, 0.5) is 11.4 Å². The number of benzene rings is 3. The summed E-state index contributed by atoms with van der Waals surface area (Å²) in [5, 5.41) is 4.16. The van der Waals surface area contributed by atoms with E-state index in [1.54, 1.807) is 43.5 Å². The van der Waals surface area contributed by atoms with E-state index in [-0.39, 0.29) is 11.5 Å². The van der Waals surface area contributed by atoms with Gasteiger partial charge in [0, 0.05) is 11.1 Å². The minimum absolute atomic E-state index is 0.186. The van der Waals surface area contributed by atoms with Crippen LogP contribution < -0.4 is 15.6 Å². The lowest BCUT2D eigenvalue weighted by molar-refractivity contribution is 0.102. The Balaban J connectivity index is 1.81. The van der Waals surface area contributed by atoms with Crippen molar-refractivity contribution in [3.05, 3.63) is 94.5 Å². The summed E-state index contributed by atoms with van der Waals surface area (Å²) in [6, 6.07) is 21.8. The minimum atomic E-state index is -0.336. The molecule has 0 saturated heterocycles. The Morgan fingerprint density at radius 2 is 1.80 bits per heavy atom. The lowest BCUT2D eigenvalue weighted by Crippen LogP contribution is -2.21. The summed E-state index contributed by atoms with van der Waals surface area (Å²) in [4.78, 5) is 17.6. The first kappa shape index (κ1) is 19.7. The topological polar surface area (TPSA) is 63.8 Å². The number of methoxy groups -OCH3 is 1. The Kier molecular flexibility index (Phi) is 5.55. The molecule has 1 N–H and O–H groups in total. The molecular formula is C24H19ClN2O3. The molecule has 1 aromatic heterocycles. The number of anilines is 1. The molecule has 4 rings (SSSR count). The average molecular weight is 419 g/mol. The van der Waals surface area contributed by atoms with Crippen molar-refractivity contribution in [3.63, 3.8) is 0 Å². The third kappa shape index (κ3) is 4.21. The second kappa shape index (κ2) is 8.43. The Labute approximate surface area is 178 Å². The number of para-hydroxylation sites is 1. The highest BCUT2D eigenvalue weighted by molar-refractivity contribution is 6.33. The molecule has 150 valence electrons. The van der Waals surface area contributed by atoms with Gasteiger partial charge in [-0.3, -0.25) is 4.79 Å². The molecular weight excluding hydrogens is 400 g/mol. The van der Waals surface area contributed by atoms with Crippen molar-refractivity contribution in [1.29, 1.82) is 0 Å². The summed E-state index contributed by atoms with van der Waals surface area (Å²) in [6.45, 7) is 1.95. The van der Waals surface area contributed by atoms with Gasteiger partial charge in [-0.15, -0.1) is 0 Å². The monoisotopic (exact) mass is 418 g/mol. The number of halogens is 1. The van der Waals surface area contributed by atoms with Gasteiger partial charge in [-0.25, -0.2) is 4.99 Å². The van der Waals surface area contributed by atoms with Crippen molar-refractivity contribution >= 4 is 39.9 Å². The predicted octanol–water partition coefficient (Wildman–Crippen LogP) is 5.89. The molecule has 6 heteroatoms. The quantitative estimate of drug-likeness (QED) is 0.449. The van der Waals surface area contributed by atoms with Gasteiger partial charge in [0.15, 0.2) is 0 Å². The van der Waals surface area contributed by atoms with E-state index in [9.17, 15) is 4.79 Å². The number of hydrogen-bond donors (Lipinski definition) is 1. The van der Waals surface area contributed by atoms with Crippen LogP contribution in [-0.2, 0) is 0 Å². The summed E-state index contributed by atoms with van der Waals surface area (Å²) in [5.41, 5.74) is 3.30. The van der Waals surface area contributed by atoms with Crippen LogP contribution in [0.2, 0.25) is 5.02 Å². The second-order valence-corrected chi connectivity index (χ2v) is 7.16. The normalized spacial score (nSPS) is 11.5. The SMILES string of the molecule is COc1ccc(NC(=O)c2cc3ccccc3oc2=Nc2ccc(C)cc2Cl)cc1. The molecule has 3 aromatic carbocycles. The summed E-state index contributed by atoms with van der Waals surface area (Å²) in [7, 11) is 1.59. The van der Waals surface area contributed by atoms with Gasteiger partial charge in [-0.1, -0.05) is 35.9 Å². The number of ether oxygens (including phenoxy) is 1. The lowest BCUT2D eigenvalue weighted by Gasteiger charge is -2.08. The summed E-state index contributed by atoms with van der Waals surface area (Å²) >= 11 is 6.34. The second-order valence-electron chi connectivity index (χ2n) is 6.75. The number of amides is 1. The van der Waals surface area contributed by atoms with Crippen LogP contribution in [0.5, 0.6) is 5.75 Å². The average Bonchev–Trinajstić information content (AvgIpc) is 2.75. The van der Waals surface area contributed by atoms with E-state index in [4.69, 9.17) is 20.8 Å². The van der Waals surface area contributed by atoms with Crippen LogP contribution in [0.1, 0.15) is 15.9 Å². The van der Waals surface area contributed by atoms with Crippen LogP contribution in [0.15, 0.2) is 82.2 Å². The fourth-order valence-electron chi connectivity index (χ4n) is 3.00. The van der Waals surface area contributed by atoms with Gasteiger partial charge in [0.2, 0.25) is 5.55 Å². The van der Waals surface area contributed by atoms with Crippen LogP contribution in [0.3, 0.4) is 0 Å². The number of carbonyl (C=O) groups excluding carboxylic acids is 1. The first-order valence-corrected chi connectivity index (χ1v) is 9.70. The van der Waals surface area contributed by atoms with Crippen molar-refractivity contribution in [3.8, 4) is 5.75 Å². The van der Waals surface area contributed by atoms with Crippen molar-refractivity contribution in [1.82, 2.24) is 0 Å². The highest BCUT2D eigenvalue weighted by atomic mass is 35.5. The molecule has 0 saturated carbocycles. The van der Waals surface area contributed by atoms with E-state index in [0.29, 0.717) is 33.3 Å². The van der Waals surface area contributed by atoms with Gasteiger partial charge >= 0.3 is 0 Å². The number of hydrogen-bond acceptors (Lipinski definition) is 4. The number of nitrogens with one attached hydrogen (secondary N) is 1. The number of nitrogens with zero attached hydrogens (tertiary/aromatic N) is 1. The molecule has 0 radical (unpaired) electrons. The summed E-state index contributed by atoms with van der Waals surface area (Å²) < 4.78 is 11.1. The van der Waals surface area contributed by atoms with Gasteiger partial charge in [-0.05, 0) is 61.0 Å². The van der Waals surface area contributed by atoms with E-state index in [2.05, 4.69) is 10.3 Å². The zero-order valence-corrected chi connectivity index (χ0v) is 17.2. The maximum atomic E-state index is 13.1. The fraction of sp³-hybridized carbons (Fsp3) is 0.0833. The third-order valence-electron chi connectivity index (χ3n) is 4.57. The molecule has 0 atom stereocenters. The van der Waals surface area contributed by atoms with Crippen molar-refractivity contribution in [2.24, 2.45) is 4.99 Å². The molecule has 0 aliphatic carbocycles. The molecule has 4 aromatic rings. The standard InChI is InChI=1S/C24H19ClN2O3/c1-15-7-12-21(20(25)13-15)27-24-19(14-16-5-3-4-6-22(16)30-24)23(28)26-17-8-10-18(29-2)11-9-17/h3-14H,1-2H3,(H,26,28). The number of carbonyl (C=O) groups is 1. The maximum absolute atomic E-state index is 13.1. The van der Waals surface area contributed by atoms with Gasteiger partial charge in [0.1, 0.15) is 16.9 Å². The number of rotatable bonds is 4. The molecule has 0 bridgehead atoms. The predicted molar refractivity (Wildman–Crippen MR) is 119 cm³/mol. The molecule has 5 nitrogen and oxygen atoms in total. The van der Waals surface area contributed by atoms with Crippen molar-refractivity contribution in [2.75, 3.05) is 12.4 Å². The molecule has 0 spiro atoms. The van der Waals surface area contributed by atoms with E-state index in [1.807, 2.05) is 43.3 Å². The zero-order chi connectivity index (χ0) is 21.1. The third-order valence-corrected chi connectivity index (χ3v) is 4.88. The molecule has 30 heavy (non-hydrogen) atoms. The Hall–Kier alpha value is -3.57. The van der Waals surface area contributed by atoms with Crippen LogP contribution in [0, 0.1) is 6.92 Å². The Morgan fingerprint density at radius 1 is 1.03 bits per heavy atom. The largest absolute Gasteiger partial charge is 0.497 e. The first-order valence-electron chi connectivity index (χ1n) is 9.33. The van der Waals surface area contributed by atoms with E-state index in [0.717, 1.165) is 10.9 Å². The first-order chi connectivity index (χ1) is 14.5. The van der Waals surface area contributed by atoms with Gasteiger partial charge < -0.3 is 14.5 Å². The smallest absolute Gasteiger partial charge is 0.261 e. The molecule has 1 amide bonds. The van der Waals surface area contributed by atoms with Crippen LogP contribution in [0.25, 0.3) is 11.0 Å². The number of aryl methyl sites for hydroxylation is 1. The summed E-state index contributed by atoms with van der Waals surface area (Å²) in [6.07, 6.45) is 0. The van der Waals surface area contributed by atoms with E-state index in [1.165, 1.54) is 0 Å². The highest BCUT2D eigenvalue weighted by Crippen LogP contribution is 2.25. The Bertz CT molecular complexity index is 1290. The minimum Gasteiger partial charge on any atom is -0.497 e. The Morgan fingerprint density at radius 3 is 2.53 bits per heavy atom. The molecule has 1 heterocycles. The zero-order valence-electron chi connectivity index (χ0n) is 16.5. The highest BCUT2D eigenvalue weighted by Gasteiger charge is 2.14. The summed E-state index contributed by atoms with van der Waals surface area (Å²) in [5.74, 6) is 0.370. The van der Waals surface area contributed by atoms with Crippen LogP contribution in [-0.4, -0.2) is 13.0 Å². The molecule has 0 unspecified atom stereocenters. The maximum Gasteiger partial charge on any atom is 0.261 e. The van der Waals surface area contributed by atoms with Crippen molar-refractivity contribution in [2.45, 2.75) is 6.92 Å². The number of fused-ring (bicyclic) bond motifs is 1. The van der Waals surface area contributed by atoms with E-state index < -0.39 is 0 Å². The lowest BCUT2D eigenvalue weighted by atomic mass is 10.1. The van der Waals surface area contributed by atoms with E-state index >= 15 is 0 Å². The molecule has 0 aliphatic heterocycles. The van der Waals surface area contributed by atoms with Gasteiger partial charge in [0.05, 0.1) is 17.8 Å². The van der Waals surface area contributed by atoms with Gasteiger partial charge in [-0.2, -0.15) is 0 Å². The van der Waals surface area contributed by atoms with Crippen molar-refractivity contribution < 1.29 is 13.9 Å². The molecule has 0 aliphatic rings. The van der Waals surface area contributed by atoms with Crippen LogP contribution >= 0.6 is 11.6 Å².